The fourth-order valence-corrected chi connectivity index (χ4v) is 1.74. The molecular weight excluding hydrogens is 186 g/mol. The third-order valence-electron chi connectivity index (χ3n) is 2.57. The molecule has 0 aliphatic rings. The van der Waals surface area contributed by atoms with Gasteiger partial charge >= 0.3 is 0 Å². The summed E-state index contributed by atoms with van der Waals surface area (Å²) in [4.78, 5) is 3.17. The predicted molar refractivity (Wildman–Crippen MR) is 66.1 cm³/mol. The first kappa shape index (κ1) is 9.90. The number of aromatic amines is 1. The summed E-state index contributed by atoms with van der Waals surface area (Å²) >= 11 is 0. The minimum Gasteiger partial charge on any atom is -0.384 e. The SMILES string of the molecule is CCCCNc1c(N)[nH]c2ccccc12. The molecule has 4 N–H and O–H groups in total. The monoisotopic (exact) mass is 203 g/mol. The Bertz CT molecular complexity index is 445. The van der Waals surface area contributed by atoms with Crippen molar-refractivity contribution in [3.63, 3.8) is 0 Å². The predicted octanol–water partition coefficient (Wildman–Crippen LogP) is 2.96. The van der Waals surface area contributed by atoms with Crippen molar-refractivity contribution in [1.29, 1.82) is 0 Å². The molecule has 0 bridgehead atoms. The maximum atomic E-state index is 5.92. The summed E-state index contributed by atoms with van der Waals surface area (Å²) in [6, 6.07) is 8.15. The van der Waals surface area contributed by atoms with Crippen LogP contribution in [0.3, 0.4) is 0 Å². The Hall–Kier alpha value is -1.64. The number of nitrogen functional groups attached to an aromatic ring is 1. The summed E-state index contributed by atoms with van der Waals surface area (Å²) in [7, 11) is 0. The highest BCUT2D eigenvalue weighted by molar-refractivity contribution is 5.98. The van der Waals surface area contributed by atoms with E-state index in [1.165, 1.54) is 18.2 Å². The van der Waals surface area contributed by atoms with Gasteiger partial charge in [0.1, 0.15) is 5.82 Å². The number of benzene rings is 1. The van der Waals surface area contributed by atoms with Crippen LogP contribution in [0.1, 0.15) is 19.8 Å². The second-order valence-electron chi connectivity index (χ2n) is 3.74. The van der Waals surface area contributed by atoms with Gasteiger partial charge in [0.2, 0.25) is 0 Å². The Morgan fingerprint density at radius 1 is 1.33 bits per heavy atom. The molecule has 1 aromatic heterocycles. The van der Waals surface area contributed by atoms with Gasteiger partial charge in [-0.15, -0.1) is 0 Å². The van der Waals surface area contributed by atoms with E-state index >= 15 is 0 Å². The summed E-state index contributed by atoms with van der Waals surface area (Å²) in [5.74, 6) is 0.729. The summed E-state index contributed by atoms with van der Waals surface area (Å²) < 4.78 is 0. The van der Waals surface area contributed by atoms with Crippen LogP contribution in [-0.4, -0.2) is 11.5 Å². The molecule has 0 aliphatic carbocycles. The zero-order valence-corrected chi connectivity index (χ0v) is 9.01. The lowest BCUT2D eigenvalue weighted by atomic mass is 10.2. The van der Waals surface area contributed by atoms with Gasteiger partial charge in [0.15, 0.2) is 0 Å². The average molecular weight is 203 g/mol. The lowest BCUT2D eigenvalue weighted by Crippen LogP contribution is -2.02. The van der Waals surface area contributed by atoms with Crippen LogP contribution in [0.5, 0.6) is 0 Å². The van der Waals surface area contributed by atoms with E-state index in [0.29, 0.717) is 0 Å². The number of nitrogens with two attached hydrogens (primary N) is 1. The molecule has 0 atom stereocenters. The van der Waals surface area contributed by atoms with Gasteiger partial charge in [-0.2, -0.15) is 0 Å². The molecule has 2 rings (SSSR count). The van der Waals surface area contributed by atoms with Crippen molar-refractivity contribution in [1.82, 2.24) is 4.98 Å². The first-order valence-corrected chi connectivity index (χ1v) is 5.43. The summed E-state index contributed by atoms with van der Waals surface area (Å²) in [6.45, 7) is 3.16. The Kier molecular flexibility index (Phi) is 2.81. The van der Waals surface area contributed by atoms with Gasteiger partial charge in [-0.3, -0.25) is 0 Å². The number of hydrogen-bond donors (Lipinski definition) is 3. The van der Waals surface area contributed by atoms with Crippen molar-refractivity contribution >= 4 is 22.4 Å². The molecule has 1 aromatic carbocycles. The molecular formula is C12H17N3. The number of anilines is 2. The number of hydrogen-bond acceptors (Lipinski definition) is 2. The van der Waals surface area contributed by atoms with Crippen LogP contribution in [0.15, 0.2) is 24.3 Å². The smallest absolute Gasteiger partial charge is 0.125 e. The van der Waals surface area contributed by atoms with Gasteiger partial charge in [0.25, 0.3) is 0 Å². The lowest BCUT2D eigenvalue weighted by molar-refractivity contribution is 0.835. The Labute approximate surface area is 89.7 Å². The van der Waals surface area contributed by atoms with Crippen molar-refractivity contribution in [3.05, 3.63) is 24.3 Å². The van der Waals surface area contributed by atoms with E-state index in [4.69, 9.17) is 5.73 Å². The van der Waals surface area contributed by atoms with E-state index in [1.807, 2.05) is 18.2 Å². The summed E-state index contributed by atoms with van der Waals surface area (Å²) in [6.07, 6.45) is 2.36. The Balaban J connectivity index is 2.28. The van der Waals surface area contributed by atoms with Crippen LogP contribution in [0, 0.1) is 0 Å². The van der Waals surface area contributed by atoms with Crippen LogP contribution in [-0.2, 0) is 0 Å². The van der Waals surface area contributed by atoms with Crippen molar-refractivity contribution in [2.75, 3.05) is 17.6 Å². The van der Waals surface area contributed by atoms with E-state index in [1.54, 1.807) is 0 Å². The highest BCUT2D eigenvalue weighted by Crippen LogP contribution is 2.29. The third kappa shape index (κ3) is 1.91. The topological polar surface area (TPSA) is 53.8 Å². The molecule has 1 heterocycles. The van der Waals surface area contributed by atoms with E-state index in [-0.39, 0.29) is 0 Å². The van der Waals surface area contributed by atoms with Crippen LogP contribution >= 0.6 is 0 Å². The highest BCUT2D eigenvalue weighted by Gasteiger charge is 2.06. The molecule has 15 heavy (non-hydrogen) atoms. The number of fused-ring (bicyclic) bond motifs is 1. The first-order valence-electron chi connectivity index (χ1n) is 5.43. The number of aromatic nitrogens is 1. The second-order valence-corrected chi connectivity index (χ2v) is 3.74. The van der Waals surface area contributed by atoms with Gasteiger partial charge in [-0.1, -0.05) is 31.5 Å². The van der Waals surface area contributed by atoms with Crippen LogP contribution in [0.4, 0.5) is 11.5 Å². The molecule has 0 saturated carbocycles. The number of rotatable bonds is 4. The summed E-state index contributed by atoms with van der Waals surface area (Å²) in [5.41, 5.74) is 8.05. The second kappa shape index (κ2) is 4.26. The molecule has 0 aliphatic heterocycles. The average Bonchev–Trinajstić information content (AvgIpc) is 2.56. The maximum absolute atomic E-state index is 5.92. The quantitative estimate of drug-likeness (QED) is 0.669. The zero-order valence-electron chi connectivity index (χ0n) is 9.01. The molecule has 2 aromatic rings. The molecule has 0 amide bonds. The van der Waals surface area contributed by atoms with Crippen molar-refractivity contribution in [2.24, 2.45) is 0 Å². The lowest BCUT2D eigenvalue weighted by Gasteiger charge is -2.04. The minimum absolute atomic E-state index is 0.729. The van der Waals surface area contributed by atoms with Gasteiger partial charge in [-0.25, -0.2) is 0 Å². The van der Waals surface area contributed by atoms with Gasteiger partial charge in [0.05, 0.1) is 5.69 Å². The number of nitrogens with one attached hydrogen (secondary N) is 2. The molecule has 0 unspecified atom stereocenters. The van der Waals surface area contributed by atoms with Gasteiger partial charge < -0.3 is 16.0 Å². The molecule has 80 valence electrons. The normalized spacial score (nSPS) is 10.7. The van der Waals surface area contributed by atoms with Crippen molar-refractivity contribution in [3.8, 4) is 0 Å². The molecule has 0 saturated heterocycles. The molecule has 0 radical (unpaired) electrons. The van der Waals surface area contributed by atoms with E-state index < -0.39 is 0 Å². The minimum atomic E-state index is 0.729. The fraction of sp³-hybridized carbons (Fsp3) is 0.333. The van der Waals surface area contributed by atoms with Crippen LogP contribution < -0.4 is 11.1 Å². The Morgan fingerprint density at radius 2 is 2.13 bits per heavy atom. The standard InChI is InChI=1S/C12H17N3/c1-2-3-8-14-11-9-6-4-5-7-10(9)15-12(11)13/h4-7,14-15H,2-3,8,13H2,1H3. The maximum Gasteiger partial charge on any atom is 0.125 e. The van der Waals surface area contributed by atoms with E-state index in [2.05, 4.69) is 23.3 Å². The number of para-hydroxylation sites is 1. The molecule has 0 spiro atoms. The van der Waals surface area contributed by atoms with Crippen molar-refractivity contribution < 1.29 is 0 Å². The fourth-order valence-electron chi connectivity index (χ4n) is 1.74. The molecule has 3 nitrogen and oxygen atoms in total. The third-order valence-corrected chi connectivity index (χ3v) is 2.57. The number of H-pyrrole nitrogens is 1. The zero-order chi connectivity index (χ0) is 10.7. The van der Waals surface area contributed by atoms with E-state index in [0.717, 1.165) is 23.6 Å². The molecule has 0 fully saturated rings. The van der Waals surface area contributed by atoms with Gasteiger partial charge in [0, 0.05) is 17.4 Å². The van der Waals surface area contributed by atoms with Crippen LogP contribution in [0.2, 0.25) is 0 Å². The van der Waals surface area contributed by atoms with Crippen molar-refractivity contribution in [2.45, 2.75) is 19.8 Å². The largest absolute Gasteiger partial charge is 0.384 e. The van der Waals surface area contributed by atoms with Crippen LogP contribution in [0.25, 0.3) is 10.9 Å². The summed E-state index contributed by atoms with van der Waals surface area (Å²) in [5, 5.41) is 4.55. The highest BCUT2D eigenvalue weighted by atomic mass is 15.0. The van der Waals surface area contributed by atoms with Gasteiger partial charge in [-0.05, 0) is 12.5 Å². The first-order chi connectivity index (χ1) is 7.33. The Morgan fingerprint density at radius 3 is 2.93 bits per heavy atom. The van der Waals surface area contributed by atoms with E-state index in [9.17, 15) is 0 Å². The number of unbranched alkanes of at least 4 members (excludes halogenated alkanes) is 1. The molecule has 3 heteroatoms.